The summed E-state index contributed by atoms with van der Waals surface area (Å²) in [6.07, 6.45) is -1.08. The number of hydrogen-bond donors (Lipinski definition) is 1. The van der Waals surface area contributed by atoms with E-state index in [1.165, 1.54) is 0 Å². The molecule has 0 aromatic heterocycles. The van der Waals surface area contributed by atoms with Crippen LogP contribution >= 0.6 is 0 Å². The summed E-state index contributed by atoms with van der Waals surface area (Å²) in [7, 11) is 0. The average molecular weight is 414 g/mol. The topological polar surface area (TPSA) is 49.8 Å². The van der Waals surface area contributed by atoms with Crippen LogP contribution in [0.25, 0.3) is 0 Å². The highest BCUT2D eigenvalue weighted by Gasteiger charge is 2.73. The van der Waals surface area contributed by atoms with E-state index in [-0.39, 0.29) is 18.1 Å². The molecule has 1 N–H and O–H groups in total. The highest BCUT2D eigenvalue weighted by molar-refractivity contribution is 5.93. The Balaban J connectivity index is 1.63. The number of rotatable bonds is 5. The SMILES string of the molecule is CC[C@@H]1O[C@@H](c2ccccc2)[C@]2(C(=O)N(Cc3ccccc3)[C@@H]2c2ccccc2)[C@H]1O. The number of ether oxygens (including phenoxy) is 1. The van der Waals surface area contributed by atoms with Crippen molar-refractivity contribution >= 4 is 5.91 Å². The summed E-state index contributed by atoms with van der Waals surface area (Å²) in [5, 5.41) is 11.5. The molecule has 2 aliphatic heterocycles. The average Bonchev–Trinajstić information content (AvgIpc) is 3.14. The third kappa shape index (κ3) is 3.01. The van der Waals surface area contributed by atoms with Gasteiger partial charge in [0.2, 0.25) is 5.91 Å². The van der Waals surface area contributed by atoms with Crippen molar-refractivity contribution in [2.45, 2.75) is 44.2 Å². The fraction of sp³-hybridized carbons (Fsp3) is 0.296. The van der Waals surface area contributed by atoms with Crippen LogP contribution in [0.2, 0.25) is 0 Å². The van der Waals surface area contributed by atoms with E-state index in [1.54, 1.807) is 0 Å². The molecule has 0 aliphatic carbocycles. The van der Waals surface area contributed by atoms with Crippen molar-refractivity contribution < 1.29 is 14.6 Å². The molecular formula is C27H27NO3. The summed E-state index contributed by atoms with van der Waals surface area (Å²) < 4.78 is 6.39. The first kappa shape index (κ1) is 20.0. The van der Waals surface area contributed by atoms with Crippen LogP contribution in [-0.2, 0) is 16.1 Å². The monoisotopic (exact) mass is 413 g/mol. The number of β-lactam (4-membered cyclic amide) rings is 1. The number of likely N-dealkylation sites (tertiary alicyclic amines) is 1. The molecule has 0 saturated carbocycles. The van der Waals surface area contributed by atoms with Gasteiger partial charge in [0.15, 0.2) is 0 Å². The van der Waals surface area contributed by atoms with E-state index in [4.69, 9.17) is 4.74 Å². The lowest BCUT2D eigenvalue weighted by molar-refractivity contribution is -0.194. The van der Waals surface area contributed by atoms with Gasteiger partial charge in [0.05, 0.1) is 18.2 Å². The summed E-state index contributed by atoms with van der Waals surface area (Å²) in [4.78, 5) is 15.8. The Labute approximate surface area is 183 Å². The molecule has 2 heterocycles. The van der Waals surface area contributed by atoms with Crippen LogP contribution in [0.5, 0.6) is 0 Å². The molecule has 2 aliphatic rings. The van der Waals surface area contributed by atoms with Crippen molar-refractivity contribution in [1.82, 2.24) is 4.90 Å². The quantitative estimate of drug-likeness (QED) is 0.619. The van der Waals surface area contributed by atoms with Crippen molar-refractivity contribution in [2.24, 2.45) is 5.41 Å². The number of aliphatic hydroxyl groups is 1. The fourth-order valence-electron chi connectivity index (χ4n) is 5.38. The van der Waals surface area contributed by atoms with Gasteiger partial charge >= 0.3 is 0 Å². The molecule has 2 saturated heterocycles. The molecule has 158 valence electrons. The summed E-state index contributed by atoms with van der Waals surface area (Å²) in [6.45, 7) is 2.50. The van der Waals surface area contributed by atoms with Crippen LogP contribution in [0.4, 0.5) is 0 Å². The highest BCUT2D eigenvalue weighted by atomic mass is 16.5. The van der Waals surface area contributed by atoms with E-state index >= 15 is 0 Å². The normalized spacial score (nSPS) is 29.9. The first-order chi connectivity index (χ1) is 15.2. The van der Waals surface area contributed by atoms with Crippen molar-refractivity contribution in [3.8, 4) is 0 Å². The second-order valence-corrected chi connectivity index (χ2v) is 8.48. The lowest BCUT2D eigenvalue weighted by Crippen LogP contribution is -2.68. The second-order valence-electron chi connectivity index (χ2n) is 8.48. The Hall–Kier alpha value is -2.95. The minimum absolute atomic E-state index is 0.0393. The molecule has 5 atom stereocenters. The van der Waals surface area contributed by atoms with E-state index in [1.807, 2.05) is 103 Å². The standard InChI is InChI=1S/C27H27NO3/c1-2-22-24(29)27(25(31-22)21-16-10-5-11-17-21)23(20-14-8-4-9-15-20)28(26(27)30)18-19-12-6-3-7-13-19/h3-17,22-25,29H,2,18H2,1H3/t22-,23+,24-,25-,27+/m0/s1. The molecule has 0 unspecified atom stereocenters. The summed E-state index contributed by atoms with van der Waals surface area (Å²) in [5.74, 6) is -0.0393. The molecule has 1 amide bonds. The number of nitrogens with zero attached hydrogens (tertiary/aromatic N) is 1. The molecule has 0 bridgehead atoms. The number of benzene rings is 3. The first-order valence-corrected chi connectivity index (χ1v) is 11.0. The lowest BCUT2D eigenvalue weighted by Gasteiger charge is -2.57. The largest absolute Gasteiger partial charge is 0.389 e. The predicted molar refractivity (Wildman–Crippen MR) is 119 cm³/mol. The Bertz CT molecular complexity index is 1040. The van der Waals surface area contributed by atoms with Gasteiger partial charge in [-0.3, -0.25) is 4.79 Å². The van der Waals surface area contributed by atoms with Gasteiger partial charge in [0, 0.05) is 6.54 Å². The maximum Gasteiger partial charge on any atom is 0.237 e. The Morgan fingerprint density at radius 2 is 1.42 bits per heavy atom. The number of carbonyl (C=O) groups excluding carboxylic acids is 1. The van der Waals surface area contributed by atoms with Crippen LogP contribution in [0.15, 0.2) is 91.0 Å². The van der Waals surface area contributed by atoms with Gasteiger partial charge in [-0.15, -0.1) is 0 Å². The van der Waals surface area contributed by atoms with Gasteiger partial charge in [-0.25, -0.2) is 0 Å². The van der Waals surface area contributed by atoms with Crippen LogP contribution < -0.4 is 0 Å². The molecule has 4 heteroatoms. The minimum Gasteiger partial charge on any atom is -0.389 e. The molecule has 0 radical (unpaired) electrons. The van der Waals surface area contributed by atoms with Gasteiger partial charge in [0.25, 0.3) is 0 Å². The Kier molecular flexibility index (Phi) is 5.12. The summed E-state index contributed by atoms with van der Waals surface area (Å²) >= 11 is 0. The molecule has 31 heavy (non-hydrogen) atoms. The Morgan fingerprint density at radius 1 is 0.871 bits per heavy atom. The van der Waals surface area contributed by atoms with Gasteiger partial charge in [-0.2, -0.15) is 0 Å². The van der Waals surface area contributed by atoms with Crippen molar-refractivity contribution in [3.05, 3.63) is 108 Å². The molecule has 1 spiro atoms. The molecule has 2 fully saturated rings. The van der Waals surface area contributed by atoms with Gasteiger partial charge < -0.3 is 14.7 Å². The first-order valence-electron chi connectivity index (χ1n) is 11.0. The zero-order valence-electron chi connectivity index (χ0n) is 17.6. The van der Waals surface area contributed by atoms with E-state index in [0.29, 0.717) is 13.0 Å². The second kappa shape index (κ2) is 7.95. The third-order valence-electron chi connectivity index (χ3n) is 6.80. The fourth-order valence-corrected chi connectivity index (χ4v) is 5.38. The predicted octanol–water partition coefficient (Wildman–Crippen LogP) is 4.67. The van der Waals surface area contributed by atoms with Crippen LogP contribution in [0, 0.1) is 5.41 Å². The van der Waals surface area contributed by atoms with Gasteiger partial charge in [0.1, 0.15) is 11.5 Å². The lowest BCUT2D eigenvalue weighted by atomic mass is 9.60. The zero-order valence-corrected chi connectivity index (χ0v) is 17.6. The summed E-state index contributed by atoms with van der Waals surface area (Å²) in [5.41, 5.74) is 2.01. The zero-order chi connectivity index (χ0) is 21.4. The van der Waals surface area contributed by atoms with Crippen molar-refractivity contribution in [2.75, 3.05) is 0 Å². The van der Waals surface area contributed by atoms with E-state index in [9.17, 15) is 9.90 Å². The van der Waals surface area contributed by atoms with Crippen molar-refractivity contribution in [3.63, 3.8) is 0 Å². The maximum atomic E-state index is 13.9. The molecule has 5 rings (SSSR count). The van der Waals surface area contributed by atoms with E-state index in [0.717, 1.165) is 16.7 Å². The van der Waals surface area contributed by atoms with Crippen molar-refractivity contribution in [1.29, 1.82) is 0 Å². The highest BCUT2D eigenvalue weighted by Crippen LogP contribution is 2.64. The van der Waals surface area contributed by atoms with E-state index in [2.05, 4.69) is 0 Å². The molecule has 4 nitrogen and oxygen atoms in total. The number of aliphatic hydroxyl groups excluding tert-OH is 1. The third-order valence-corrected chi connectivity index (χ3v) is 6.80. The molecule has 3 aromatic rings. The van der Waals surface area contributed by atoms with Crippen LogP contribution in [-0.4, -0.2) is 28.1 Å². The number of hydrogen-bond acceptors (Lipinski definition) is 3. The van der Waals surface area contributed by atoms with Gasteiger partial charge in [-0.1, -0.05) is 97.9 Å². The van der Waals surface area contributed by atoms with Crippen LogP contribution in [0.1, 0.15) is 42.2 Å². The number of carbonyl (C=O) groups is 1. The molecule has 3 aromatic carbocycles. The minimum atomic E-state index is -1.03. The molecular weight excluding hydrogens is 386 g/mol. The maximum absolute atomic E-state index is 13.9. The van der Waals surface area contributed by atoms with Crippen LogP contribution in [0.3, 0.4) is 0 Å². The Morgan fingerprint density at radius 3 is 2.00 bits per heavy atom. The van der Waals surface area contributed by atoms with E-state index < -0.39 is 17.6 Å². The summed E-state index contributed by atoms with van der Waals surface area (Å²) in [6, 6.07) is 29.7. The number of amides is 1. The van der Waals surface area contributed by atoms with Gasteiger partial charge in [-0.05, 0) is 23.1 Å². The smallest absolute Gasteiger partial charge is 0.237 e.